The van der Waals surface area contributed by atoms with E-state index in [4.69, 9.17) is 10.5 Å². The van der Waals surface area contributed by atoms with E-state index < -0.39 is 9.84 Å². The predicted molar refractivity (Wildman–Crippen MR) is 130 cm³/mol. The Morgan fingerprint density at radius 3 is 2.73 bits per heavy atom. The zero-order chi connectivity index (χ0) is 23.0. The lowest BCUT2D eigenvalue weighted by atomic mass is 9.79. The first-order valence-corrected chi connectivity index (χ1v) is 13.6. The smallest absolute Gasteiger partial charge is 0.147 e. The minimum Gasteiger partial charge on any atom is -0.383 e. The Balaban J connectivity index is 1.40. The Kier molecular flexibility index (Phi) is 6.11. The Bertz CT molecular complexity index is 1240. The van der Waals surface area contributed by atoms with Gasteiger partial charge in [0.15, 0.2) is 0 Å². The molecule has 1 aliphatic carbocycles. The molecule has 33 heavy (non-hydrogen) atoms. The van der Waals surface area contributed by atoms with E-state index in [2.05, 4.69) is 31.7 Å². The highest BCUT2D eigenvalue weighted by Gasteiger charge is 2.33. The summed E-state index contributed by atoms with van der Waals surface area (Å²) in [5.74, 6) is 1.29. The summed E-state index contributed by atoms with van der Waals surface area (Å²) in [6.07, 6.45) is 7.69. The van der Waals surface area contributed by atoms with Crippen molar-refractivity contribution >= 4 is 26.7 Å². The van der Waals surface area contributed by atoms with Crippen LogP contribution < -0.4 is 5.73 Å². The summed E-state index contributed by atoms with van der Waals surface area (Å²) >= 11 is 0. The van der Waals surface area contributed by atoms with Crippen LogP contribution in [-0.4, -0.2) is 72.7 Å². The maximum atomic E-state index is 11.6. The Labute approximate surface area is 194 Å². The number of aryl methyl sites for hydroxylation is 1. The molecule has 1 saturated carbocycles. The number of sulfone groups is 1. The van der Waals surface area contributed by atoms with Crippen molar-refractivity contribution < 1.29 is 13.2 Å². The third-order valence-electron chi connectivity index (χ3n) is 6.86. The monoisotopic (exact) mass is 469 g/mol. The number of anilines is 1. The summed E-state index contributed by atoms with van der Waals surface area (Å²) in [5, 5.41) is 0.870. The first-order valence-electron chi connectivity index (χ1n) is 11.6. The Hall–Kier alpha value is -2.49. The highest BCUT2D eigenvalue weighted by Crippen LogP contribution is 2.43. The third-order valence-corrected chi connectivity index (χ3v) is 7.81. The van der Waals surface area contributed by atoms with Gasteiger partial charge in [-0.25, -0.2) is 18.4 Å². The lowest BCUT2D eigenvalue weighted by Crippen LogP contribution is -2.42. The van der Waals surface area contributed by atoms with Crippen LogP contribution in [0.1, 0.15) is 24.4 Å². The van der Waals surface area contributed by atoms with Crippen LogP contribution in [0.25, 0.3) is 22.2 Å². The van der Waals surface area contributed by atoms with Crippen LogP contribution in [0.15, 0.2) is 36.8 Å². The van der Waals surface area contributed by atoms with Crippen molar-refractivity contribution in [3.63, 3.8) is 0 Å². The maximum absolute atomic E-state index is 11.6. The normalized spacial score (nSPS) is 21.8. The summed E-state index contributed by atoms with van der Waals surface area (Å²) in [7, 11) is -3.01. The average molecular weight is 470 g/mol. The predicted octanol–water partition coefficient (Wildman–Crippen LogP) is 2.55. The zero-order valence-electron chi connectivity index (χ0n) is 19.0. The largest absolute Gasteiger partial charge is 0.383 e. The SMILES string of the molecule is CS(=O)(=O)CCc1cccc(-c2cn(C3CC(CN4CCOCC4)C3)c3ncnc(N)c23)c1. The third kappa shape index (κ3) is 4.90. The van der Waals surface area contributed by atoms with Gasteiger partial charge >= 0.3 is 0 Å². The summed E-state index contributed by atoms with van der Waals surface area (Å²) in [4.78, 5) is 11.3. The summed E-state index contributed by atoms with van der Waals surface area (Å²) in [6.45, 7) is 4.85. The molecule has 5 rings (SSSR count). The van der Waals surface area contributed by atoms with E-state index in [-0.39, 0.29) is 5.75 Å². The minimum atomic E-state index is -3.01. The summed E-state index contributed by atoms with van der Waals surface area (Å²) < 4.78 is 30.9. The number of nitrogens with zero attached hydrogens (tertiary/aromatic N) is 4. The van der Waals surface area contributed by atoms with Crippen LogP contribution in [0.2, 0.25) is 0 Å². The molecule has 3 heterocycles. The van der Waals surface area contributed by atoms with Crippen molar-refractivity contribution in [1.29, 1.82) is 0 Å². The van der Waals surface area contributed by atoms with Crippen molar-refractivity contribution in [2.45, 2.75) is 25.3 Å². The van der Waals surface area contributed by atoms with Gasteiger partial charge in [0.1, 0.15) is 27.6 Å². The molecule has 176 valence electrons. The molecule has 3 aromatic rings. The van der Waals surface area contributed by atoms with Crippen molar-refractivity contribution in [2.24, 2.45) is 5.92 Å². The molecule has 2 aromatic heterocycles. The van der Waals surface area contributed by atoms with Gasteiger partial charge in [-0.2, -0.15) is 0 Å². The highest BCUT2D eigenvalue weighted by molar-refractivity contribution is 7.90. The van der Waals surface area contributed by atoms with Gasteiger partial charge in [0.25, 0.3) is 0 Å². The number of nitrogens with two attached hydrogens (primary N) is 1. The second-order valence-electron chi connectivity index (χ2n) is 9.39. The quantitative estimate of drug-likeness (QED) is 0.567. The Morgan fingerprint density at radius 1 is 1.18 bits per heavy atom. The van der Waals surface area contributed by atoms with Crippen LogP contribution in [0, 0.1) is 5.92 Å². The topological polar surface area (TPSA) is 103 Å². The van der Waals surface area contributed by atoms with Gasteiger partial charge in [-0.15, -0.1) is 0 Å². The molecule has 0 unspecified atom stereocenters. The summed E-state index contributed by atoms with van der Waals surface area (Å²) in [5.41, 5.74) is 10.2. The second-order valence-corrected chi connectivity index (χ2v) is 11.7. The number of aromatic nitrogens is 3. The van der Waals surface area contributed by atoms with E-state index in [1.165, 1.54) is 12.6 Å². The lowest BCUT2D eigenvalue weighted by Gasteiger charge is -2.40. The van der Waals surface area contributed by atoms with E-state index in [1.807, 2.05) is 18.2 Å². The van der Waals surface area contributed by atoms with Gasteiger partial charge < -0.3 is 15.0 Å². The number of benzene rings is 1. The number of nitrogen functional groups attached to an aromatic ring is 1. The van der Waals surface area contributed by atoms with Gasteiger partial charge in [-0.05, 0) is 36.3 Å². The number of morpholine rings is 1. The van der Waals surface area contributed by atoms with Crippen LogP contribution in [0.4, 0.5) is 5.82 Å². The molecule has 2 N–H and O–H groups in total. The van der Waals surface area contributed by atoms with Crippen molar-refractivity contribution in [2.75, 3.05) is 50.6 Å². The van der Waals surface area contributed by atoms with Gasteiger partial charge in [0.05, 0.1) is 24.4 Å². The molecular weight excluding hydrogens is 438 g/mol. The fourth-order valence-corrected chi connectivity index (χ4v) is 5.64. The molecular formula is C24H31N5O3S. The maximum Gasteiger partial charge on any atom is 0.147 e. The van der Waals surface area contributed by atoms with Crippen LogP contribution in [0.5, 0.6) is 0 Å². The van der Waals surface area contributed by atoms with Gasteiger partial charge in [0.2, 0.25) is 0 Å². The van der Waals surface area contributed by atoms with Crippen molar-refractivity contribution in [3.8, 4) is 11.1 Å². The highest BCUT2D eigenvalue weighted by atomic mass is 32.2. The molecule has 1 aliphatic heterocycles. The van der Waals surface area contributed by atoms with E-state index in [0.717, 1.165) is 73.4 Å². The fourth-order valence-electron chi connectivity index (χ4n) is 5.03. The standard InChI is InChI=1S/C24H31N5O3S/c1-33(30,31)10-5-17-3-2-4-19(11-17)21-15-29(24-22(21)23(25)26-16-27-24)20-12-18(13-20)14-28-6-8-32-9-7-28/h2-4,11,15-16,18,20H,5-10,12-14H2,1H3,(H2,25,26,27). The first kappa shape index (κ1) is 22.3. The molecule has 0 radical (unpaired) electrons. The number of hydrogen-bond donors (Lipinski definition) is 1. The Morgan fingerprint density at radius 2 is 1.97 bits per heavy atom. The molecule has 1 saturated heterocycles. The van der Waals surface area contributed by atoms with E-state index in [0.29, 0.717) is 24.2 Å². The minimum absolute atomic E-state index is 0.135. The molecule has 0 amide bonds. The molecule has 1 aromatic carbocycles. The van der Waals surface area contributed by atoms with E-state index in [9.17, 15) is 8.42 Å². The van der Waals surface area contributed by atoms with Crippen LogP contribution in [-0.2, 0) is 21.0 Å². The van der Waals surface area contributed by atoms with Gasteiger partial charge in [-0.3, -0.25) is 4.90 Å². The van der Waals surface area contributed by atoms with E-state index in [1.54, 1.807) is 0 Å². The van der Waals surface area contributed by atoms with Crippen molar-refractivity contribution in [3.05, 3.63) is 42.4 Å². The van der Waals surface area contributed by atoms with Gasteiger partial charge in [-0.1, -0.05) is 24.3 Å². The molecule has 9 heteroatoms. The molecule has 0 spiro atoms. The van der Waals surface area contributed by atoms with E-state index >= 15 is 0 Å². The molecule has 2 fully saturated rings. The second kappa shape index (κ2) is 9.04. The zero-order valence-corrected chi connectivity index (χ0v) is 19.8. The number of rotatable bonds is 7. The molecule has 0 atom stereocenters. The molecule has 2 aliphatic rings. The molecule has 8 nitrogen and oxygen atoms in total. The first-order chi connectivity index (χ1) is 15.9. The van der Waals surface area contributed by atoms with Crippen molar-refractivity contribution in [1.82, 2.24) is 19.4 Å². The lowest BCUT2D eigenvalue weighted by molar-refractivity contribution is 0.0182. The van der Waals surface area contributed by atoms with Gasteiger partial charge in [0, 0.05) is 43.7 Å². The fraction of sp³-hybridized carbons (Fsp3) is 0.500. The number of ether oxygens (including phenoxy) is 1. The average Bonchev–Trinajstić information content (AvgIpc) is 3.16. The van der Waals surface area contributed by atoms with Crippen LogP contribution >= 0.6 is 0 Å². The summed E-state index contributed by atoms with van der Waals surface area (Å²) in [6, 6.07) is 8.43. The number of hydrogen-bond acceptors (Lipinski definition) is 7. The number of fused-ring (bicyclic) bond motifs is 1. The molecule has 0 bridgehead atoms. The van der Waals surface area contributed by atoms with Crippen LogP contribution in [0.3, 0.4) is 0 Å².